The third kappa shape index (κ3) is 2.44. The number of fused-ring (bicyclic) bond motifs is 1. The monoisotopic (exact) mass is 349 g/mol. The van der Waals surface area contributed by atoms with Crippen LogP contribution >= 0.6 is 0 Å². The SMILES string of the molecule is Cc1cccc(-c2cc3n(C)c(C4(C)NC=CCC4C)nc(=O)n3n2)c1. The normalized spacial score (nSPS) is 22.5. The van der Waals surface area contributed by atoms with Crippen molar-refractivity contribution in [3.05, 3.63) is 64.5 Å². The second-order valence-corrected chi connectivity index (χ2v) is 7.33. The smallest absolute Gasteiger partial charge is 0.371 e. The van der Waals surface area contributed by atoms with Gasteiger partial charge in [-0.1, -0.05) is 36.8 Å². The quantitative estimate of drug-likeness (QED) is 0.773. The Hall–Kier alpha value is -2.89. The standard InChI is InChI=1S/C20H23N5O/c1-13-7-5-9-15(11-13)16-12-17-24(4)18(22-19(26)25(17)23-16)20(3)14(2)8-6-10-21-20/h5-7,9-12,14,21H,8H2,1-4H3. The zero-order valence-electron chi connectivity index (χ0n) is 15.5. The van der Waals surface area contributed by atoms with Gasteiger partial charge in [0.05, 0.1) is 11.2 Å². The Bertz CT molecular complexity index is 1080. The number of aromatic nitrogens is 4. The van der Waals surface area contributed by atoms with Crippen LogP contribution in [0.1, 0.15) is 31.7 Å². The minimum absolute atomic E-state index is 0.312. The first-order valence-corrected chi connectivity index (χ1v) is 8.87. The number of nitrogens with one attached hydrogen (secondary N) is 1. The first-order valence-electron chi connectivity index (χ1n) is 8.87. The summed E-state index contributed by atoms with van der Waals surface area (Å²) in [5, 5.41) is 7.91. The summed E-state index contributed by atoms with van der Waals surface area (Å²) >= 11 is 0. The molecule has 0 bridgehead atoms. The summed E-state index contributed by atoms with van der Waals surface area (Å²) in [6, 6.07) is 10.1. The number of aryl methyl sites for hydroxylation is 2. The van der Waals surface area contributed by atoms with E-state index in [4.69, 9.17) is 0 Å². The molecule has 0 aliphatic carbocycles. The number of nitrogens with zero attached hydrogens (tertiary/aromatic N) is 4. The summed E-state index contributed by atoms with van der Waals surface area (Å²) in [6.45, 7) is 6.31. The summed E-state index contributed by atoms with van der Waals surface area (Å²) in [4.78, 5) is 17.1. The molecule has 0 saturated carbocycles. The van der Waals surface area contributed by atoms with Gasteiger partial charge in [-0.2, -0.15) is 14.6 Å². The van der Waals surface area contributed by atoms with Crippen LogP contribution in [0.5, 0.6) is 0 Å². The van der Waals surface area contributed by atoms with Crippen LogP contribution in [0.2, 0.25) is 0 Å². The van der Waals surface area contributed by atoms with Gasteiger partial charge in [0.15, 0.2) is 0 Å². The molecular weight excluding hydrogens is 326 g/mol. The van der Waals surface area contributed by atoms with E-state index in [2.05, 4.69) is 41.4 Å². The van der Waals surface area contributed by atoms with Crippen LogP contribution in [0, 0.1) is 12.8 Å². The highest BCUT2D eigenvalue weighted by molar-refractivity contribution is 5.64. The molecule has 134 valence electrons. The van der Waals surface area contributed by atoms with E-state index in [0.717, 1.165) is 34.7 Å². The molecule has 2 atom stereocenters. The number of rotatable bonds is 2. The lowest BCUT2D eigenvalue weighted by Crippen LogP contribution is -2.48. The van der Waals surface area contributed by atoms with Crippen molar-refractivity contribution in [2.45, 2.75) is 32.7 Å². The van der Waals surface area contributed by atoms with Crippen molar-refractivity contribution >= 4 is 5.65 Å². The molecule has 1 aliphatic heterocycles. The van der Waals surface area contributed by atoms with Gasteiger partial charge < -0.3 is 9.88 Å². The third-order valence-corrected chi connectivity index (χ3v) is 5.49. The zero-order chi connectivity index (χ0) is 18.5. The molecule has 2 aromatic heterocycles. The average Bonchev–Trinajstić information content (AvgIpc) is 3.07. The van der Waals surface area contributed by atoms with Gasteiger partial charge in [0.1, 0.15) is 11.5 Å². The second kappa shape index (κ2) is 5.83. The lowest BCUT2D eigenvalue weighted by Gasteiger charge is -2.38. The molecule has 0 amide bonds. The molecule has 3 heterocycles. The van der Waals surface area contributed by atoms with Crippen molar-refractivity contribution in [1.82, 2.24) is 24.5 Å². The molecule has 26 heavy (non-hydrogen) atoms. The van der Waals surface area contributed by atoms with E-state index in [9.17, 15) is 4.79 Å². The van der Waals surface area contributed by atoms with Crippen LogP contribution in [-0.2, 0) is 12.6 Å². The highest BCUT2D eigenvalue weighted by atomic mass is 16.1. The van der Waals surface area contributed by atoms with E-state index in [0.29, 0.717) is 5.92 Å². The first kappa shape index (κ1) is 16.6. The Morgan fingerprint density at radius 3 is 2.85 bits per heavy atom. The van der Waals surface area contributed by atoms with Gasteiger partial charge in [0.25, 0.3) is 0 Å². The predicted molar refractivity (Wildman–Crippen MR) is 102 cm³/mol. The number of hydrogen-bond donors (Lipinski definition) is 1. The lowest BCUT2D eigenvalue weighted by molar-refractivity contribution is 0.241. The fourth-order valence-electron chi connectivity index (χ4n) is 3.65. The maximum absolute atomic E-state index is 12.7. The second-order valence-electron chi connectivity index (χ2n) is 7.33. The molecule has 2 unspecified atom stereocenters. The summed E-state index contributed by atoms with van der Waals surface area (Å²) < 4.78 is 3.35. The van der Waals surface area contributed by atoms with Gasteiger partial charge in [-0.3, -0.25) is 0 Å². The van der Waals surface area contributed by atoms with E-state index in [1.807, 2.05) is 49.0 Å². The summed E-state index contributed by atoms with van der Waals surface area (Å²) in [6.07, 6.45) is 5.00. The first-order chi connectivity index (χ1) is 12.4. The Morgan fingerprint density at radius 2 is 2.12 bits per heavy atom. The molecule has 0 fully saturated rings. The van der Waals surface area contributed by atoms with Crippen LogP contribution in [0.3, 0.4) is 0 Å². The molecule has 1 aromatic carbocycles. The maximum Gasteiger partial charge on any atom is 0.371 e. The predicted octanol–water partition coefficient (Wildman–Crippen LogP) is 2.76. The Morgan fingerprint density at radius 1 is 1.31 bits per heavy atom. The molecule has 6 nitrogen and oxygen atoms in total. The molecule has 4 rings (SSSR count). The molecular formula is C20H23N5O. The average molecular weight is 349 g/mol. The van der Waals surface area contributed by atoms with Crippen molar-refractivity contribution < 1.29 is 0 Å². The summed E-state index contributed by atoms with van der Waals surface area (Å²) in [5.74, 6) is 1.04. The van der Waals surface area contributed by atoms with E-state index in [1.54, 1.807) is 0 Å². The van der Waals surface area contributed by atoms with E-state index >= 15 is 0 Å². The Balaban J connectivity index is 1.92. The minimum atomic E-state index is -0.405. The van der Waals surface area contributed by atoms with Crippen LogP contribution in [0.25, 0.3) is 16.9 Å². The van der Waals surface area contributed by atoms with Crippen LogP contribution < -0.4 is 11.0 Å². The van der Waals surface area contributed by atoms with Gasteiger partial charge >= 0.3 is 5.69 Å². The van der Waals surface area contributed by atoms with Crippen molar-refractivity contribution in [3.63, 3.8) is 0 Å². The summed E-state index contributed by atoms with van der Waals surface area (Å²) in [5.41, 5.74) is 2.91. The van der Waals surface area contributed by atoms with Crippen LogP contribution in [0.15, 0.2) is 47.4 Å². The molecule has 0 radical (unpaired) electrons. The highest BCUT2D eigenvalue weighted by Gasteiger charge is 2.37. The number of allylic oxidation sites excluding steroid dienone is 1. The van der Waals surface area contributed by atoms with Crippen molar-refractivity contribution in [2.24, 2.45) is 13.0 Å². The number of hydrogen-bond acceptors (Lipinski definition) is 4. The van der Waals surface area contributed by atoms with Crippen molar-refractivity contribution in [3.8, 4) is 11.3 Å². The van der Waals surface area contributed by atoms with E-state index in [-0.39, 0.29) is 5.69 Å². The third-order valence-electron chi connectivity index (χ3n) is 5.49. The van der Waals surface area contributed by atoms with E-state index < -0.39 is 5.54 Å². The van der Waals surface area contributed by atoms with Crippen molar-refractivity contribution in [1.29, 1.82) is 0 Å². The molecule has 3 aromatic rings. The minimum Gasteiger partial charge on any atom is -0.379 e. The highest BCUT2D eigenvalue weighted by Crippen LogP contribution is 2.33. The molecule has 0 spiro atoms. The molecule has 1 N–H and O–H groups in total. The fourth-order valence-corrected chi connectivity index (χ4v) is 3.65. The zero-order valence-corrected chi connectivity index (χ0v) is 15.5. The van der Waals surface area contributed by atoms with E-state index in [1.165, 1.54) is 4.52 Å². The summed E-state index contributed by atoms with van der Waals surface area (Å²) in [7, 11) is 1.94. The Labute approximate surface area is 152 Å². The van der Waals surface area contributed by atoms with Gasteiger partial charge in [-0.25, -0.2) is 4.79 Å². The van der Waals surface area contributed by atoms with Gasteiger partial charge in [0.2, 0.25) is 0 Å². The van der Waals surface area contributed by atoms with Crippen molar-refractivity contribution in [2.75, 3.05) is 0 Å². The maximum atomic E-state index is 12.7. The fraction of sp³-hybridized carbons (Fsp3) is 0.350. The molecule has 6 heteroatoms. The number of benzene rings is 1. The lowest BCUT2D eigenvalue weighted by atomic mass is 9.82. The van der Waals surface area contributed by atoms with Gasteiger partial charge in [-0.05, 0) is 38.5 Å². The van der Waals surface area contributed by atoms with Crippen LogP contribution in [-0.4, -0.2) is 19.2 Å². The van der Waals surface area contributed by atoms with Gasteiger partial charge in [-0.15, -0.1) is 0 Å². The Kier molecular flexibility index (Phi) is 3.72. The molecule has 1 aliphatic rings. The van der Waals surface area contributed by atoms with Gasteiger partial charge in [0, 0.05) is 18.7 Å². The topological polar surface area (TPSA) is 64.2 Å². The van der Waals surface area contributed by atoms with Crippen LogP contribution in [0.4, 0.5) is 0 Å². The molecule has 0 saturated heterocycles. The largest absolute Gasteiger partial charge is 0.379 e.